The first-order chi connectivity index (χ1) is 18.6. The van der Waals surface area contributed by atoms with Gasteiger partial charge in [-0.15, -0.1) is 5.92 Å². The summed E-state index contributed by atoms with van der Waals surface area (Å²) in [6, 6.07) is 17.5. The summed E-state index contributed by atoms with van der Waals surface area (Å²) in [5, 5.41) is 6.44. The smallest absolute Gasteiger partial charge is 0.272 e. The zero-order chi connectivity index (χ0) is 26.3. The summed E-state index contributed by atoms with van der Waals surface area (Å²) in [6.45, 7) is 4.92. The van der Waals surface area contributed by atoms with Crippen molar-refractivity contribution in [3.8, 4) is 17.6 Å². The van der Waals surface area contributed by atoms with Crippen molar-refractivity contribution in [2.45, 2.75) is 32.4 Å². The minimum Gasteiger partial charge on any atom is -0.491 e. The molecule has 9 nitrogen and oxygen atoms in total. The summed E-state index contributed by atoms with van der Waals surface area (Å²) in [5.41, 5.74) is 9.23. The molecule has 5 rings (SSSR count). The van der Waals surface area contributed by atoms with Crippen LogP contribution in [-0.4, -0.2) is 60.0 Å². The van der Waals surface area contributed by atoms with Crippen molar-refractivity contribution in [2.24, 2.45) is 10.7 Å². The molecule has 1 aromatic heterocycles. The maximum absolute atomic E-state index is 13.9. The Morgan fingerprint density at radius 1 is 1.18 bits per heavy atom. The summed E-state index contributed by atoms with van der Waals surface area (Å²) in [7, 11) is 0. The Bertz CT molecular complexity index is 1370. The second kappa shape index (κ2) is 11.8. The number of carbonyl (C=O) groups excluding carboxylic acids is 1. The molecule has 196 valence electrons. The molecule has 1 fully saturated rings. The van der Waals surface area contributed by atoms with Crippen molar-refractivity contribution in [3.05, 3.63) is 65.9 Å². The van der Waals surface area contributed by atoms with Crippen molar-refractivity contribution < 1.29 is 9.53 Å². The quantitative estimate of drug-likeness (QED) is 0.421. The fourth-order valence-corrected chi connectivity index (χ4v) is 4.81. The molecule has 1 saturated heterocycles. The van der Waals surface area contributed by atoms with Crippen LogP contribution < -0.4 is 26.0 Å². The van der Waals surface area contributed by atoms with Gasteiger partial charge in [-0.1, -0.05) is 36.3 Å². The van der Waals surface area contributed by atoms with Crippen LogP contribution in [0.1, 0.15) is 35.8 Å². The predicted octanol–water partition coefficient (Wildman–Crippen LogP) is 3.19. The Morgan fingerprint density at radius 2 is 2.00 bits per heavy atom. The van der Waals surface area contributed by atoms with Crippen molar-refractivity contribution >= 4 is 29.1 Å². The minimum absolute atomic E-state index is 0.0597. The Labute approximate surface area is 223 Å². The van der Waals surface area contributed by atoms with Crippen LogP contribution in [0, 0.1) is 11.8 Å². The number of amides is 1. The zero-order valence-electron chi connectivity index (χ0n) is 21.6. The number of aliphatic imine (C=N–C) groups is 1. The number of piperidine rings is 1. The maximum atomic E-state index is 13.9. The average molecular weight is 512 g/mol. The average Bonchev–Trinajstić information content (AvgIpc) is 3.16. The second-order valence-corrected chi connectivity index (χ2v) is 9.32. The number of aromatic nitrogens is 2. The highest BCUT2D eigenvalue weighted by Gasteiger charge is 2.28. The van der Waals surface area contributed by atoms with E-state index >= 15 is 0 Å². The number of anilines is 3. The van der Waals surface area contributed by atoms with Crippen LogP contribution in [0.15, 0.2) is 59.6 Å². The third-order valence-corrected chi connectivity index (χ3v) is 6.62. The van der Waals surface area contributed by atoms with E-state index in [2.05, 4.69) is 32.4 Å². The molecular formula is C29H33N7O2. The first-order valence-corrected chi connectivity index (χ1v) is 13.0. The number of imidazole rings is 1. The van der Waals surface area contributed by atoms with Gasteiger partial charge in [0, 0.05) is 30.4 Å². The maximum Gasteiger partial charge on any atom is 0.272 e. The molecule has 0 radical (unpaired) electrons. The number of hydrogen-bond acceptors (Lipinski definition) is 7. The fourth-order valence-electron chi connectivity index (χ4n) is 4.81. The number of nitrogens with one attached hydrogen (secondary N) is 2. The van der Waals surface area contributed by atoms with E-state index in [0.717, 1.165) is 42.1 Å². The third-order valence-electron chi connectivity index (χ3n) is 6.62. The van der Waals surface area contributed by atoms with Crippen molar-refractivity contribution in [1.82, 2.24) is 14.9 Å². The van der Waals surface area contributed by atoms with E-state index in [9.17, 15) is 4.79 Å². The standard InChI is InChI=1S/C29H33N7O2/c1-2-3-17-36-26(28(37)32-19-24-23-13-7-8-14-25(23)38-18-15-31-24)27(33-22-11-5-4-6-12-22)34-29(36)35-16-9-10-21(30)20-35/h4-8,11-14,21,33H,9-10,15-20,30H2,1H3,(H,32,37). The van der Waals surface area contributed by atoms with Gasteiger partial charge < -0.3 is 26.0 Å². The van der Waals surface area contributed by atoms with Crippen LogP contribution in [0.2, 0.25) is 0 Å². The summed E-state index contributed by atoms with van der Waals surface area (Å²) >= 11 is 0. The van der Waals surface area contributed by atoms with Crippen LogP contribution >= 0.6 is 0 Å². The van der Waals surface area contributed by atoms with Gasteiger partial charge in [0.1, 0.15) is 12.4 Å². The molecule has 2 aliphatic rings. The van der Waals surface area contributed by atoms with Gasteiger partial charge in [0.25, 0.3) is 5.91 Å². The molecule has 3 heterocycles. The van der Waals surface area contributed by atoms with E-state index in [4.69, 9.17) is 15.5 Å². The molecule has 1 atom stereocenters. The predicted molar refractivity (Wildman–Crippen MR) is 150 cm³/mol. The van der Waals surface area contributed by atoms with E-state index in [1.165, 1.54) is 0 Å². The third kappa shape index (κ3) is 5.66. The Kier molecular flexibility index (Phi) is 7.90. The monoisotopic (exact) mass is 511 g/mol. The van der Waals surface area contributed by atoms with E-state index in [1.54, 1.807) is 6.92 Å². The largest absolute Gasteiger partial charge is 0.491 e. The molecule has 2 aliphatic heterocycles. The highest BCUT2D eigenvalue weighted by atomic mass is 16.5. The van der Waals surface area contributed by atoms with Crippen LogP contribution in [-0.2, 0) is 6.54 Å². The van der Waals surface area contributed by atoms with Crippen LogP contribution in [0.4, 0.5) is 17.5 Å². The molecule has 2 aromatic carbocycles. The lowest BCUT2D eigenvalue weighted by atomic mass is 10.1. The fraction of sp³-hybridized carbons (Fsp3) is 0.345. The van der Waals surface area contributed by atoms with Crippen LogP contribution in [0.3, 0.4) is 0 Å². The van der Waals surface area contributed by atoms with E-state index in [-0.39, 0.29) is 18.5 Å². The molecule has 0 spiro atoms. The van der Waals surface area contributed by atoms with Gasteiger partial charge >= 0.3 is 0 Å². The van der Waals surface area contributed by atoms with Gasteiger partial charge in [-0.2, -0.15) is 4.98 Å². The van der Waals surface area contributed by atoms with Gasteiger partial charge in [-0.05, 0) is 44.0 Å². The van der Waals surface area contributed by atoms with Crippen LogP contribution in [0.5, 0.6) is 5.75 Å². The second-order valence-electron chi connectivity index (χ2n) is 9.32. The number of nitrogens with two attached hydrogens (primary N) is 1. The SMILES string of the molecule is CC#CCn1c(N2CCCC(N)C2)nc(Nc2ccccc2)c1C(=O)NCC1=NCCOc2ccccc21. The molecule has 4 N–H and O–H groups in total. The van der Waals surface area contributed by atoms with Crippen molar-refractivity contribution in [1.29, 1.82) is 0 Å². The molecule has 0 aliphatic carbocycles. The number of nitrogens with zero attached hydrogens (tertiary/aromatic N) is 4. The topological polar surface area (TPSA) is 110 Å². The number of ether oxygens (including phenoxy) is 1. The molecule has 0 saturated carbocycles. The molecule has 0 bridgehead atoms. The number of rotatable bonds is 7. The molecule has 1 amide bonds. The van der Waals surface area contributed by atoms with Crippen molar-refractivity contribution in [3.63, 3.8) is 0 Å². The van der Waals surface area contributed by atoms with Crippen molar-refractivity contribution in [2.75, 3.05) is 43.0 Å². The lowest BCUT2D eigenvalue weighted by molar-refractivity contribution is 0.0951. The summed E-state index contributed by atoms with van der Waals surface area (Å²) in [6.07, 6.45) is 1.94. The van der Waals surface area contributed by atoms with Crippen LogP contribution in [0.25, 0.3) is 0 Å². The van der Waals surface area contributed by atoms with Gasteiger partial charge in [0.15, 0.2) is 11.5 Å². The van der Waals surface area contributed by atoms with Gasteiger partial charge in [0.2, 0.25) is 5.95 Å². The van der Waals surface area contributed by atoms with Gasteiger partial charge in [0.05, 0.1) is 25.3 Å². The molecule has 3 aromatic rings. The Morgan fingerprint density at radius 3 is 2.82 bits per heavy atom. The number of fused-ring (bicyclic) bond motifs is 1. The molecule has 1 unspecified atom stereocenters. The highest BCUT2D eigenvalue weighted by Crippen LogP contribution is 2.29. The van der Waals surface area contributed by atoms with E-state index < -0.39 is 0 Å². The summed E-state index contributed by atoms with van der Waals surface area (Å²) in [4.78, 5) is 25.6. The summed E-state index contributed by atoms with van der Waals surface area (Å²) in [5.74, 6) is 7.76. The van der Waals surface area contributed by atoms with E-state index in [1.807, 2.05) is 59.2 Å². The summed E-state index contributed by atoms with van der Waals surface area (Å²) < 4.78 is 7.71. The lowest BCUT2D eigenvalue weighted by Crippen LogP contribution is -2.44. The normalized spacial score (nSPS) is 16.7. The Balaban J connectivity index is 1.49. The number of hydrogen-bond donors (Lipinski definition) is 3. The molecule has 38 heavy (non-hydrogen) atoms. The number of benzene rings is 2. The minimum atomic E-state index is -0.258. The van der Waals surface area contributed by atoms with Gasteiger partial charge in [-0.3, -0.25) is 14.4 Å². The van der Waals surface area contributed by atoms with Gasteiger partial charge in [-0.25, -0.2) is 0 Å². The zero-order valence-corrected chi connectivity index (χ0v) is 21.6. The Hall–Kier alpha value is -4.29. The molecular weight excluding hydrogens is 478 g/mol. The first kappa shape index (κ1) is 25.4. The van der Waals surface area contributed by atoms with E-state index in [0.29, 0.717) is 43.7 Å². The lowest BCUT2D eigenvalue weighted by Gasteiger charge is -2.31. The molecule has 9 heteroatoms. The number of para-hydroxylation sites is 2. The highest BCUT2D eigenvalue weighted by molar-refractivity contribution is 6.07. The number of carbonyl (C=O) groups is 1. The first-order valence-electron chi connectivity index (χ1n) is 13.0.